The fourth-order valence-electron chi connectivity index (χ4n) is 1.87. The summed E-state index contributed by atoms with van der Waals surface area (Å²) in [5.41, 5.74) is 0.253. The van der Waals surface area contributed by atoms with E-state index in [9.17, 15) is 20.0 Å². The monoisotopic (exact) mass is 303 g/mol. The maximum Gasteiger partial charge on any atom is 0.336 e. The summed E-state index contributed by atoms with van der Waals surface area (Å²) in [6, 6.07) is 12.4. The summed E-state index contributed by atoms with van der Waals surface area (Å²) in [7, 11) is 0. The average molecular weight is 304 g/mol. The van der Waals surface area contributed by atoms with Gasteiger partial charge in [-0.1, -0.05) is 41.9 Å². The van der Waals surface area contributed by atoms with Crippen molar-refractivity contribution >= 4 is 34.9 Å². The van der Waals surface area contributed by atoms with E-state index >= 15 is 0 Å². The second-order valence-electron chi connectivity index (χ2n) is 4.16. The molecular weight excluding hydrogens is 294 g/mol. The van der Waals surface area contributed by atoms with Gasteiger partial charge in [-0.05, 0) is 18.2 Å². The lowest BCUT2D eigenvalue weighted by atomic mass is 10.0. The fourth-order valence-corrected chi connectivity index (χ4v) is 2.10. The van der Waals surface area contributed by atoms with E-state index in [2.05, 4.69) is 0 Å². The molecule has 0 spiro atoms. The van der Waals surface area contributed by atoms with E-state index in [0.717, 1.165) is 0 Å². The van der Waals surface area contributed by atoms with E-state index in [0.29, 0.717) is 5.56 Å². The summed E-state index contributed by atoms with van der Waals surface area (Å²) in [6.07, 6.45) is 1.25. The Morgan fingerprint density at radius 3 is 2.38 bits per heavy atom. The third-order valence-electron chi connectivity index (χ3n) is 2.83. The predicted molar refractivity (Wildman–Crippen MR) is 80.1 cm³/mol. The normalized spacial score (nSPS) is 11.2. The van der Waals surface area contributed by atoms with Gasteiger partial charge in [0.25, 0.3) is 5.69 Å². The summed E-state index contributed by atoms with van der Waals surface area (Å²) in [5.74, 6) is -1.21. The van der Waals surface area contributed by atoms with Gasteiger partial charge in [-0.25, -0.2) is 4.79 Å². The van der Waals surface area contributed by atoms with Crippen LogP contribution in [0.4, 0.5) is 5.69 Å². The van der Waals surface area contributed by atoms with Gasteiger partial charge >= 0.3 is 5.97 Å². The minimum atomic E-state index is -1.21. The number of nitro benzene ring substituents is 1. The number of halogens is 1. The molecule has 2 aromatic rings. The Morgan fingerprint density at radius 2 is 1.76 bits per heavy atom. The first-order valence-electron chi connectivity index (χ1n) is 5.94. The first-order chi connectivity index (χ1) is 10.0. The van der Waals surface area contributed by atoms with Crippen molar-refractivity contribution in [1.29, 1.82) is 0 Å². The summed E-state index contributed by atoms with van der Waals surface area (Å²) in [4.78, 5) is 21.9. The van der Waals surface area contributed by atoms with Crippen LogP contribution in [0.5, 0.6) is 0 Å². The molecule has 21 heavy (non-hydrogen) atoms. The van der Waals surface area contributed by atoms with Gasteiger partial charge in [-0.15, -0.1) is 0 Å². The minimum Gasteiger partial charge on any atom is -0.478 e. The molecule has 0 heterocycles. The maximum absolute atomic E-state index is 11.4. The van der Waals surface area contributed by atoms with Crippen LogP contribution in [-0.4, -0.2) is 16.0 Å². The maximum atomic E-state index is 11.4. The third-order valence-corrected chi connectivity index (χ3v) is 3.16. The largest absolute Gasteiger partial charge is 0.478 e. The first kappa shape index (κ1) is 14.7. The molecule has 0 saturated carbocycles. The molecule has 1 N–H and O–H groups in total. The number of aliphatic carboxylic acids is 1. The molecule has 0 amide bonds. The molecule has 6 heteroatoms. The number of rotatable bonds is 4. The van der Waals surface area contributed by atoms with Crippen molar-refractivity contribution in [3.63, 3.8) is 0 Å². The van der Waals surface area contributed by atoms with E-state index in [1.165, 1.54) is 24.3 Å². The molecule has 0 atom stereocenters. The lowest BCUT2D eigenvalue weighted by Gasteiger charge is -2.05. The number of benzene rings is 2. The van der Waals surface area contributed by atoms with Gasteiger partial charge in [0.2, 0.25) is 0 Å². The van der Waals surface area contributed by atoms with Crippen LogP contribution < -0.4 is 0 Å². The second kappa shape index (κ2) is 6.19. The summed E-state index contributed by atoms with van der Waals surface area (Å²) in [6.45, 7) is 0. The summed E-state index contributed by atoms with van der Waals surface area (Å²) < 4.78 is 0. The number of carboxylic acid groups (broad SMARTS) is 1. The molecule has 2 rings (SSSR count). The highest BCUT2D eigenvalue weighted by Gasteiger charge is 2.17. The van der Waals surface area contributed by atoms with E-state index in [4.69, 9.17) is 11.6 Å². The van der Waals surface area contributed by atoms with Gasteiger partial charge in [0.05, 0.1) is 16.1 Å². The van der Waals surface area contributed by atoms with Gasteiger partial charge in [0.1, 0.15) is 0 Å². The minimum absolute atomic E-state index is 0.102. The van der Waals surface area contributed by atoms with E-state index in [1.807, 2.05) is 0 Å². The molecule has 0 aliphatic rings. The molecule has 0 unspecified atom stereocenters. The summed E-state index contributed by atoms with van der Waals surface area (Å²) >= 11 is 5.99. The molecule has 0 fully saturated rings. The van der Waals surface area contributed by atoms with Crippen molar-refractivity contribution in [2.45, 2.75) is 0 Å². The highest BCUT2D eigenvalue weighted by atomic mass is 35.5. The first-order valence-corrected chi connectivity index (χ1v) is 6.32. The number of para-hydroxylation sites is 1. The molecule has 5 nitrogen and oxygen atoms in total. The number of nitro groups is 1. The third kappa shape index (κ3) is 3.27. The van der Waals surface area contributed by atoms with Crippen LogP contribution >= 0.6 is 11.6 Å². The van der Waals surface area contributed by atoms with Crippen LogP contribution in [0.25, 0.3) is 11.6 Å². The Labute approximate surface area is 125 Å². The molecule has 0 radical (unpaired) electrons. The molecule has 106 valence electrons. The summed E-state index contributed by atoms with van der Waals surface area (Å²) in [5, 5.41) is 20.6. The number of hydrogen-bond acceptors (Lipinski definition) is 3. The standard InChI is InChI=1S/C15H10ClNO4/c16-13-7-3-2-6-11(13)12(15(18)19)9-10-5-1-4-8-14(10)17(20)21/h1-9H,(H,18,19)/b12-9+. The second-order valence-corrected chi connectivity index (χ2v) is 4.57. The van der Waals surface area contributed by atoms with E-state index < -0.39 is 10.9 Å². The Balaban J connectivity index is 2.62. The van der Waals surface area contributed by atoms with E-state index in [-0.39, 0.29) is 21.8 Å². The topological polar surface area (TPSA) is 80.4 Å². The molecule has 0 aliphatic carbocycles. The number of hydrogen-bond donors (Lipinski definition) is 1. The van der Waals surface area contributed by atoms with Gasteiger partial charge < -0.3 is 5.11 Å². The molecular formula is C15H10ClNO4. The Kier molecular flexibility index (Phi) is 4.35. The van der Waals surface area contributed by atoms with Gasteiger partial charge in [-0.2, -0.15) is 0 Å². The van der Waals surface area contributed by atoms with Crippen LogP contribution in [0.1, 0.15) is 11.1 Å². The van der Waals surface area contributed by atoms with Gasteiger partial charge in [0.15, 0.2) is 0 Å². The number of carbonyl (C=O) groups is 1. The van der Waals surface area contributed by atoms with Crippen molar-refractivity contribution in [3.8, 4) is 0 Å². The molecule has 0 aromatic heterocycles. The Morgan fingerprint density at radius 1 is 1.14 bits per heavy atom. The Hall–Kier alpha value is -2.66. The smallest absolute Gasteiger partial charge is 0.336 e. The van der Waals surface area contributed by atoms with Gasteiger partial charge in [-0.3, -0.25) is 10.1 Å². The fraction of sp³-hybridized carbons (Fsp3) is 0. The quantitative estimate of drug-likeness (QED) is 0.402. The van der Waals surface area contributed by atoms with Crippen molar-refractivity contribution in [1.82, 2.24) is 0 Å². The zero-order valence-electron chi connectivity index (χ0n) is 10.7. The van der Waals surface area contributed by atoms with E-state index in [1.54, 1.807) is 30.3 Å². The van der Waals surface area contributed by atoms with Crippen LogP contribution in [-0.2, 0) is 4.79 Å². The van der Waals surface area contributed by atoms with Crippen molar-refractivity contribution < 1.29 is 14.8 Å². The van der Waals surface area contributed by atoms with Crippen molar-refractivity contribution in [2.24, 2.45) is 0 Å². The molecule has 2 aromatic carbocycles. The van der Waals surface area contributed by atoms with Crippen molar-refractivity contribution in [2.75, 3.05) is 0 Å². The lowest BCUT2D eigenvalue weighted by molar-refractivity contribution is -0.385. The van der Waals surface area contributed by atoms with Crippen LogP contribution in [0.15, 0.2) is 48.5 Å². The predicted octanol–water partition coefficient (Wildman–Crippen LogP) is 3.87. The molecule has 0 bridgehead atoms. The molecule has 0 aliphatic heterocycles. The SMILES string of the molecule is O=C(O)/C(=C/c1ccccc1[N+](=O)[O-])c1ccccc1Cl. The van der Waals surface area contributed by atoms with Gasteiger partial charge in [0, 0.05) is 16.7 Å². The highest BCUT2D eigenvalue weighted by molar-refractivity contribution is 6.35. The highest BCUT2D eigenvalue weighted by Crippen LogP contribution is 2.28. The zero-order chi connectivity index (χ0) is 15.4. The Bertz CT molecular complexity index is 740. The lowest BCUT2D eigenvalue weighted by Crippen LogP contribution is -2.01. The average Bonchev–Trinajstić information content (AvgIpc) is 2.45. The van der Waals surface area contributed by atoms with Crippen LogP contribution in [0.2, 0.25) is 5.02 Å². The number of nitrogens with zero attached hydrogens (tertiary/aromatic N) is 1. The zero-order valence-corrected chi connectivity index (χ0v) is 11.4. The van der Waals surface area contributed by atoms with Crippen LogP contribution in [0.3, 0.4) is 0 Å². The number of carboxylic acids is 1. The van der Waals surface area contributed by atoms with Crippen molar-refractivity contribution in [3.05, 3.63) is 74.8 Å². The molecule has 0 saturated heterocycles. The van der Waals surface area contributed by atoms with Crippen LogP contribution in [0, 0.1) is 10.1 Å².